The predicted molar refractivity (Wildman–Crippen MR) is 59.1 cm³/mol. The Bertz CT molecular complexity index is 436. The fourth-order valence-electron chi connectivity index (χ4n) is 2.43. The molecular weight excluding hydrogens is 244 g/mol. The first-order valence-electron chi connectivity index (χ1n) is 5.77. The Hall–Kier alpha value is -1.50. The van der Waals surface area contributed by atoms with Gasteiger partial charge >= 0.3 is 12.5 Å². The van der Waals surface area contributed by atoms with Gasteiger partial charge in [0.1, 0.15) is 11.9 Å². The van der Waals surface area contributed by atoms with E-state index in [0.29, 0.717) is 6.54 Å². The third-order valence-electron chi connectivity index (χ3n) is 3.36. The molecule has 0 amide bonds. The number of carboxylic acid groups (broad SMARTS) is 1. The number of halogens is 2. The van der Waals surface area contributed by atoms with Crippen LogP contribution in [0, 0.1) is 5.92 Å². The van der Waals surface area contributed by atoms with Gasteiger partial charge < -0.3 is 5.11 Å². The first kappa shape index (κ1) is 12.9. The van der Waals surface area contributed by atoms with Crippen LogP contribution in [-0.4, -0.2) is 38.1 Å². The number of hydrogen-bond donors (Lipinski definition) is 1. The van der Waals surface area contributed by atoms with Crippen molar-refractivity contribution in [2.24, 2.45) is 5.92 Å². The third kappa shape index (κ3) is 2.35. The number of likely N-dealkylation sites (tertiary alicyclic amines) is 1. The van der Waals surface area contributed by atoms with E-state index in [4.69, 9.17) is 5.11 Å². The molecule has 100 valence electrons. The van der Waals surface area contributed by atoms with Crippen LogP contribution in [0.4, 0.5) is 8.78 Å². The molecule has 5 nitrogen and oxygen atoms in total. The van der Waals surface area contributed by atoms with Gasteiger partial charge in [0.15, 0.2) is 0 Å². The van der Waals surface area contributed by atoms with Gasteiger partial charge in [-0.15, -0.1) is 0 Å². The van der Waals surface area contributed by atoms with Crippen molar-refractivity contribution in [3.8, 4) is 0 Å². The largest absolute Gasteiger partial charge is 0.480 e. The molecule has 0 aromatic carbocycles. The SMILES string of the molecule is CC1CCN(Cc2nccn2C(F)F)C1C(=O)O. The van der Waals surface area contributed by atoms with Gasteiger partial charge in [-0.1, -0.05) is 6.92 Å². The van der Waals surface area contributed by atoms with Gasteiger partial charge in [0, 0.05) is 12.4 Å². The summed E-state index contributed by atoms with van der Waals surface area (Å²) in [5, 5.41) is 9.14. The van der Waals surface area contributed by atoms with Crippen LogP contribution in [0.2, 0.25) is 0 Å². The highest BCUT2D eigenvalue weighted by Crippen LogP contribution is 2.26. The van der Waals surface area contributed by atoms with Crippen LogP contribution in [0.25, 0.3) is 0 Å². The van der Waals surface area contributed by atoms with Crippen molar-refractivity contribution < 1.29 is 18.7 Å². The van der Waals surface area contributed by atoms with Crippen molar-refractivity contribution in [2.45, 2.75) is 32.5 Å². The molecule has 2 unspecified atom stereocenters. The molecule has 18 heavy (non-hydrogen) atoms. The van der Waals surface area contributed by atoms with Gasteiger partial charge in [-0.25, -0.2) is 4.98 Å². The van der Waals surface area contributed by atoms with Gasteiger partial charge in [-0.2, -0.15) is 8.78 Å². The van der Waals surface area contributed by atoms with Gasteiger partial charge in [0.2, 0.25) is 0 Å². The molecule has 0 spiro atoms. The summed E-state index contributed by atoms with van der Waals surface area (Å²) in [6.45, 7) is -0.0589. The Balaban J connectivity index is 2.13. The highest BCUT2D eigenvalue weighted by molar-refractivity contribution is 5.74. The Labute approximate surface area is 103 Å². The summed E-state index contributed by atoms with van der Waals surface area (Å²) in [4.78, 5) is 16.7. The van der Waals surface area contributed by atoms with Crippen molar-refractivity contribution in [3.63, 3.8) is 0 Å². The molecule has 0 saturated carbocycles. The molecule has 1 fully saturated rings. The smallest absolute Gasteiger partial charge is 0.321 e. The molecule has 2 rings (SSSR count). The van der Waals surface area contributed by atoms with E-state index in [1.165, 1.54) is 12.4 Å². The summed E-state index contributed by atoms with van der Waals surface area (Å²) >= 11 is 0. The summed E-state index contributed by atoms with van der Waals surface area (Å²) in [5.74, 6) is -0.682. The fourth-order valence-corrected chi connectivity index (χ4v) is 2.43. The fraction of sp³-hybridized carbons (Fsp3) is 0.636. The minimum absolute atomic E-state index is 0.0254. The number of hydrogen-bond acceptors (Lipinski definition) is 3. The number of nitrogens with zero attached hydrogens (tertiary/aromatic N) is 3. The lowest BCUT2D eigenvalue weighted by molar-refractivity contribution is -0.143. The first-order chi connectivity index (χ1) is 8.50. The van der Waals surface area contributed by atoms with E-state index in [-0.39, 0.29) is 18.3 Å². The first-order valence-corrected chi connectivity index (χ1v) is 5.77. The molecule has 1 N–H and O–H groups in total. The molecule has 2 atom stereocenters. The van der Waals surface area contributed by atoms with E-state index in [2.05, 4.69) is 4.98 Å². The zero-order valence-corrected chi connectivity index (χ0v) is 9.96. The van der Waals surface area contributed by atoms with E-state index < -0.39 is 18.6 Å². The third-order valence-corrected chi connectivity index (χ3v) is 3.36. The minimum atomic E-state index is -2.65. The maximum Gasteiger partial charge on any atom is 0.321 e. The lowest BCUT2D eigenvalue weighted by Crippen LogP contribution is -2.39. The van der Waals surface area contributed by atoms with E-state index in [0.717, 1.165) is 11.0 Å². The quantitative estimate of drug-likeness (QED) is 0.891. The zero-order chi connectivity index (χ0) is 13.3. The summed E-state index contributed by atoms with van der Waals surface area (Å²) in [5.41, 5.74) is 0. The maximum absolute atomic E-state index is 12.7. The minimum Gasteiger partial charge on any atom is -0.480 e. The Morgan fingerprint density at radius 2 is 2.39 bits per heavy atom. The maximum atomic E-state index is 12.7. The normalized spacial score (nSPS) is 24.9. The predicted octanol–water partition coefficient (Wildman–Crippen LogP) is 1.57. The van der Waals surface area contributed by atoms with E-state index >= 15 is 0 Å². The molecule has 1 aromatic rings. The number of carbonyl (C=O) groups is 1. The molecular formula is C11H15F2N3O2. The monoisotopic (exact) mass is 259 g/mol. The van der Waals surface area contributed by atoms with Crippen molar-refractivity contribution in [2.75, 3.05) is 6.54 Å². The van der Waals surface area contributed by atoms with Gasteiger partial charge in [0.05, 0.1) is 6.54 Å². The number of carboxylic acids is 1. The Kier molecular flexibility index (Phi) is 3.60. The molecule has 1 aliphatic heterocycles. The van der Waals surface area contributed by atoms with Crippen LogP contribution in [0.5, 0.6) is 0 Å². The molecule has 7 heteroatoms. The number of rotatable bonds is 4. The van der Waals surface area contributed by atoms with Gasteiger partial charge in [-0.3, -0.25) is 14.3 Å². The lowest BCUT2D eigenvalue weighted by atomic mass is 10.0. The van der Waals surface area contributed by atoms with Crippen LogP contribution in [0.15, 0.2) is 12.4 Å². The summed E-state index contributed by atoms with van der Waals surface area (Å²) < 4.78 is 26.1. The van der Waals surface area contributed by atoms with Crippen LogP contribution in [0.1, 0.15) is 25.7 Å². The van der Waals surface area contributed by atoms with E-state index in [1.54, 1.807) is 4.90 Å². The lowest BCUT2D eigenvalue weighted by Gasteiger charge is -2.22. The summed E-state index contributed by atoms with van der Waals surface area (Å²) in [6, 6.07) is -0.618. The van der Waals surface area contributed by atoms with Crippen LogP contribution in [-0.2, 0) is 11.3 Å². The average Bonchev–Trinajstić information content (AvgIpc) is 2.86. The molecule has 0 bridgehead atoms. The Morgan fingerprint density at radius 1 is 1.67 bits per heavy atom. The zero-order valence-electron chi connectivity index (χ0n) is 9.96. The number of aromatic nitrogens is 2. The topological polar surface area (TPSA) is 58.4 Å². The highest BCUT2D eigenvalue weighted by Gasteiger charge is 2.37. The van der Waals surface area contributed by atoms with Gasteiger partial charge in [-0.05, 0) is 18.9 Å². The standard InChI is InChI=1S/C11H15F2N3O2/c1-7-2-4-15(9(7)10(17)18)6-8-14-3-5-16(8)11(12)13/h3,5,7,9,11H,2,4,6H2,1H3,(H,17,18). The van der Waals surface area contributed by atoms with Crippen LogP contribution >= 0.6 is 0 Å². The molecule has 0 aliphatic carbocycles. The second-order valence-electron chi connectivity index (χ2n) is 4.55. The van der Waals surface area contributed by atoms with Crippen molar-refractivity contribution in [1.29, 1.82) is 0 Å². The molecule has 1 aromatic heterocycles. The molecule has 0 radical (unpaired) electrons. The molecule has 1 aliphatic rings. The van der Waals surface area contributed by atoms with E-state index in [9.17, 15) is 13.6 Å². The van der Waals surface area contributed by atoms with Crippen molar-refractivity contribution >= 4 is 5.97 Å². The molecule has 2 heterocycles. The average molecular weight is 259 g/mol. The highest BCUT2D eigenvalue weighted by atomic mass is 19.3. The number of imidazole rings is 1. The van der Waals surface area contributed by atoms with E-state index in [1.807, 2.05) is 6.92 Å². The summed E-state index contributed by atoms with van der Waals surface area (Å²) in [7, 11) is 0. The van der Waals surface area contributed by atoms with Crippen molar-refractivity contribution in [1.82, 2.24) is 14.5 Å². The second-order valence-corrected chi connectivity index (χ2v) is 4.55. The number of alkyl halides is 2. The number of aliphatic carboxylic acids is 1. The Morgan fingerprint density at radius 3 is 3.00 bits per heavy atom. The summed E-state index contributed by atoms with van der Waals surface area (Å²) in [6.07, 6.45) is 3.26. The second kappa shape index (κ2) is 5.01. The molecule has 1 saturated heterocycles. The van der Waals surface area contributed by atoms with Crippen LogP contribution < -0.4 is 0 Å². The van der Waals surface area contributed by atoms with Gasteiger partial charge in [0.25, 0.3) is 0 Å². The van der Waals surface area contributed by atoms with Crippen molar-refractivity contribution in [3.05, 3.63) is 18.2 Å². The van der Waals surface area contributed by atoms with Crippen LogP contribution in [0.3, 0.4) is 0 Å².